The topological polar surface area (TPSA) is 132 Å². The zero-order valence-electron chi connectivity index (χ0n) is 7.19. The predicted molar refractivity (Wildman–Crippen MR) is 57.1 cm³/mol. The van der Waals surface area contributed by atoms with Crippen molar-refractivity contribution in [3.63, 3.8) is 0 Å². The minimum atomic E-state index is -4.16. The molecule has 0 amide bonds. The number of nitrogen functional groups attached to an aromatic ring is 1. The van der Waals surface area contributed by atoms with Crippen LogP contribution in [0.4, 0.5) is 5.69 Å². The summed E-state index contributed by atoms with van der Waals surface area (Å²) in [5.74, 6) is 0. The number of anilines is 1. The average Bonchev–Trinajstić information content (AvgIpc) is 2.01. The van der Waals surface area contributed by atoms with E-state index in [1.807, 2.05) is 0 Å². The molecule has 0 bridgehead atoms. The monoisotopic (exact) mass is 269 g/mol. The van der Waals surface area contributed by atoms with Crippen molar-refractivity contribution in [2.45, 2.75) is 12.3 Å². The standard InChI is InChI=1S/C6H7NO3S.CH4.O3S/c7-5-3-1-2-4-6(5)11(8,9)10;;1-4(2)3/h1-4H,7H2,(H,8,9,10);1H4;. The predicted octanol–water partition coefficient (Wildman–Crippen LogP) is 0.147. The van der Waals surface area contributed by atoms with Crippen LogP contribution in [0.3, 0.4) is 0 Å². The Kier molecular flexibility index (Phi) is 7.35. The van der Waals surface area contributed by atoms with Crippen LogP contribution in [-0.2, 0) is 20.7 Å². The van der Waals surface area contributed by atoms with Gasteiger partial charge in [-0.3, -0.25) is 4.55 Å². The largest absolute Gasteiger partial charge is 0.425 e. The molecule has 0 saturated carbocycles. The van der Waals surface area contributed by atoms with E-state index < -0.39 is 20.7 Å². The summed E-state index contributed by atoms with van der Waals surface area (Å²) in [6, 6.07) is 5.72. The fraction of sp³-hybridized carbons (Fsp3) is 0.143. The summed E-state index contributed by atoms with van der Waals surface area (Å²) >= 11 is 0. The zero-order valence-corrected chi connectivity index (χ0v) is 8.82. The van der Waals surface area contributed by atoms with E-state index in [2.05, 4.69) is 0 Å². The summed E-state index contributed by atoms with van der Waals surface area (Å²) in [6.07, 6.45) is 0. The van der Waals surface area contributed by atoms with Crippen LogP contribution in [0.15, 0.2) is 29.2 Å². The average molecular weight is 269 g/mol. The molecule has 1 aromatic rings. The molecular weight excluding hydrogens is 258 g/mol. The van der Waals surface area contributed by atoms with Crippen molar-refractivity contribution in [1.82, 2.24) is 0 Å². The maximum absolute atomic E-state index is 10.5. The maximum Gasteiger partial charge on any atom is 0.425 e. The van der Waals surface area contributed by atoms with Crippen LogP contribution in [0.2, 0.25) is 0 Å². The minimum absolute atomic E-state index is 0. The quantitative estimate of drug-likeness (QED) is 0.547. The third-order valence-corrected chi connectivity index (χ3v) is 2.12. The fourth-order valence-corrected chi connectivity index (χ4v) is 1.33. The lowest BCUT2D eigenvalue weighted by molar-refractivity contribution is 0.483. The van der Waals surface area contributed by atoms with Crippen LogP contribution in [0.5, 0.6) is 0 Å². The molecule has 92 valence electrons. The highest BCUT2D eigenvalue weighted by Crippen LogP contribution is 2.15. The smallest absolute Gasteiger partial charge is 0.398 e. The van der Waals surface area contributed by atoms with Gasteiger partial charge in [0.25, 0.3) is 10.1 Å². The highest BCUT2D eigenvalue weighted by Gasteiger charge is 2.11. The van der Waals surface area contributed by atoms with Gasteiger partial charge in [-0.1, -0.05) is 19.6 Å². The van der Waals surface area contributed by atoms with Gasteiger partial charge in [-0.25, -0.2) is 0 Å². The molecule has 3 N–H and O–H groups in total. The van der Waals surface area contributed by atoms with Crippen molar-refractivity contribution < 1.29 is 25.6 Å². The summed E-state index contributed by atoms with van der Waals surface area (Å²) in [6.45, 7) is 0. The molecule has 1 aromatic carbocycles. The number of rotatable bonds is 1. The lowest BCUT2D eigenvalue weighted by atomic mass is 10.3. The van der Waals surface area contributed by atoms with Crippen molar-refractivity contribution in [3.8, 4) is 0 Å². The summed E-state index contributed by atoms with van der Waals surface area (Å²) in [7, 11) is -7.27. The van der Waals surface area contributed by atoms with Crippen molar-refractivity contribution in [3.05, 3.63) is 24.3 Å². The molecule has 0 aliphatic rings. The van der Waals surface area contributed by atoms with Gasteiger partial charge in [0, 0.05) is 0 Å². The van der Waals surface area contributed by atoms with E-state index in [0.717, 1.165) is 0 Å². The number of hydrogen-bond donors (Lipinski definition) is 2. The molecule has 7 nitrogen and oxygen atoms in total. The summed E-state index contributed by atoms with van der Waals surface area (Å²) in [5, 5.41) is 0. The second-order valence-corrected chi connectivity index (χ2v) is 4.02. The minimum Gasteiger partial charge on any atom is -0.398 e. The van der Waals surface area contributed by atoms with Crippen LogP contribution < -0.4 is 5.73 Å². The first kappa shape index (κ1) is 17.0. The Morgan fingerprint density at radius 1 is 1.12 bits per heavy atom. The molecule has 0 radical (unpaired) electrons. The van der Waals surface area contributed by atoms with E-state index in [-0.39, 0.29) is 18.0 Å². The van der Waals surface area contributed by atoms with Gasteiger partial charge in [-0.2, -0.15) is 8.42 Å². The second kappa shape index (κ2) is 6.93. The van der Waals surface area contributed by atoms with Crippen LogP contribution in [0.1, 0.15) is 7.43 Å². The van der Waals surface area contributed by atoms with E-state index in [1.54, 1.807) is 6.07 Å². The molecule has 0 saturated heterocycles. The number of hydrogen-bond acceptors (Lipinski definition) is 6. The van der Waals surface area contributed by atoms with Gasteiger partial charge >= 0.3 is 10.6 Å². The van der Waals surface area contributed by atoms with Gasteiger partial charge in [-0.05, 0) is 12.1 Å². The molecule has 16 heavy (non-hydrogen) atoms. The van der Waals surface area contributed by atoms with Crippen molar-refractivity contribution in [1.29, 1.82) is 0 Å². The van der Waals surface area contributed by atoms with E-state index in [9.17, 15) is 8.42 Å². The van der Waals surface area contributed by atoms with Gasteiger partial charge in [0.15, 0.2) is 0 Å². The molecule has 9 heteroatoms. The lowest BCUT2D eigenvalue weighted by Crippen LogP contribution is -2.01. The van der Waals surface area contributed by atoms with E-state index in [0.29, 0.717) is 0 Å². The first-order valence-corrected chi connectivity index (χ1v) is 5.78. The zero-order chi connectivity index (χ0) is 12.1. The fourth-order valence-electron chi connectivity index (χ4n) is 0.715. The lowest BCUT2D eigenvalue weighted by Gasteiger charge is -1.98. The highest BCUT2D eigenvalue weighted by atomic mass is 32.2. The van der Waals surface area contributed by atoms with Gasteiger partial charge < -0.3 is 5.73 Å². The molecule has 0 aliphatic heterocycles. The molecule has 0 fully saturated rings. The molecular formula is C7H11NO6S2. The second-order valence-electron chi connectivity index (χ2n) is 2.22. The Balaban J connectivity index is 0. The third kappa shape index (κ3) is 6.92. The molecule has 1 rings (SSSR count). The Hall–Kier alpha value is -1.45. The number of para-hydroxylation sites is 1. The van der Waals surface area contributed by atoms with Crippen molar-refractivity contribution in [2.24, 2.45) is 0 Å². The number of nitrogens with two attached hydrogens (primary N) is 1. The molecule has 0 heterocycles. The SMILES string of the molecule is C.Nc1ccccc1S(=O)(=O)O.O=S(=O)=O. The van der Waals surface area contributed by atoms with E-state index >= 15 is 0 Å². The van der Waals surface area contributed by atoms with Crippen molar-refractivity contribution >= 4 is 26.4 Å². The molecule has 0 aliphatic carbocycles. The van der Waals surface area contributed by atoms with Gasteiger partial charge in [0.2, 0.25) is 0 Å². The van der Waals surface area contributed by atoms with E-state index in [4.69, 9.17) is 22.9 Å². The summed E-state index contributed by atoms with van der Waals surface area (Å²) in [5.41, 5.74) is 5.32. The Morgan fingerprint density at radius 3 is 1.75 bits per heavy atom. The molecule has 0 atom stereocenters. The number of benzene rings is 1. The third-order valence-electron chi connectivity index (χ3n) is 1.20. The van der Waals surface area contributed by atoms with Gasteiger partial charge in [-0.15, -0.1) is 12.6 Å². The maximum atomic E-state index is 10.5. The van der Waals surface area contributed by atoms with Crippen LogP contribution in [0.25, 0.3) is 0 Å². The first-order valence-electron chi connectivity index (χ1n) is 3.34. The molecule has 0 unspecified atom stereocenters. The van der Waals surface area contributed by atoms with E-state index in [1.165, 1.54) is 18.2 Å². The Labute approximate surface area is 94.7 Å². The van der Waals surface area contributed by atoms with Crippen LogP contribution >= 0.6 is 0 Å². The Bertz CT molecular complexity index is 526. The summed E-state index contributed by atoms with van der Waals surface area (Å²) in [4.78, 5) is -0.250. The molecule has 0 aromatic heterocycles. The van der Waals surface area contributed by atoms with Gasteiger partial charge in [0.1, 0.15) is 4.90 Å². The normalized spacial score (nSPS) is 9.31. The van der Waals surface area contributed by atoms with Gasteiger partial charge in [0.05, 0.1) is 5.69 Å². The highest BCUT2D eigenvalue weighted by molar-refractivity contribution is 7.86. The summed E-state index contributed by atoms with van der Waals surface area (Å²) < 4.78 is 55.0. The van der Waals surface area contributed by atoms with Crippen LogP contribution in [0, 0.1) is 0 Å². The van der Waals surface area contributed by atoms with Crippen molar-refractivity contribution in [2.75, 3.05) is 5.73 Å². The first-order chi connectivity index (χ1) is 6.75. The Morgan fingerprint density at radius 2 is 1.50 bits per heavy atom. The molecule has 0 spiro atoms. The van der Waals surface area contributed by atoms with Crippen LogP contribution in [-0.4, -0.2) is 25.6 Å².